The van der Waals surface area contributed by atoms with Crippen molar-refractivity contribution in [3.05, 3.63) is 199 Å². The second-order valence-electron chi connectivity index (χ2n) is 15.6. The molecule has 0 bridgehead atoms. The van der Waals surface area contributed by atoms with E-state index in [1.807, 2.05) is 38.1 Å². The Morgan fingerprint density at radius 1 is 0.483 bits per heavy atom. The van der Waals surface area contributed by atoms with E-state index in [9.17, 15) is 0 Å². The summed E-state index contributed by atoms with van der Waals surface area (Å²) in [5, 5.41) is 2.34. The molecule has 2 heterocycles. The SMILES string of the molecule is CC=CC(=CC)c1nc(-c2ccccc2)nc(-n2c3ccccc3c3cc4c(cc32)C(C)(C)c2cc(-c3cc(-c5ccccc5)cc(-c5ccccc5)c3)ccc2-4)n1. The molecule has 0 radical (unpaired) electrons. The van der Waals surface area contributed by atoms with Gasteiger partial charge in [-0.05, 0) is 112 Å². The smallest absolute Gasteiger partial charge is 0.238 e. The third-order valence-corrected chi connectivity index (χ3v) is 11.7. The standard InChI is InChI=1S/C54H42N4/c1-5-18-35(6-2)51-55-52(38-23-14-9-15-24-38)57-53(56-51)58-49-26-17-16-25-44(49)46-33-45-43-28-27-39(32-47(43)54(3,4)48(45)34-50(46)58)42-30-40(36-19-10-7-11-20-36)29-41(31-42)37-21-12-8-13-22-37/h5-34H,1-4H3. The maximum absolute atomic E-state index is 5.19. The molecule has 10 rings (SSSR count). The maximum atomic E-state index is 5.19. The van der Waals surface area contributed by atoms with Crippen LogP contribution >= 0.6 is 0 Å². The number of allylic oxidation sites excluding steroid dienone is 4. The molecule has 0 saturated carbocycles. The fraction of sp³-hybridized carbons (Fsp3) is 0.0926. The molecule has 0 spiro atoms. The minimum absolute atomic E-state index is 0.265. The van der Waals surface area contributed by atoms with Crippen LogP contribution in [0.2, 0.25) is 0 Å². The molecule has 0 aliphatic heterocycles. The van der Waals surface area contributed by atoms with Crippen molar-refractivity contribution in [2.45, 2.75) is 33.1 Å². The highest BCUT2D eigenvalue weighted by atomic mass is 15.2. The highest BCUT2D eigenvalue weighted by Crippen LogP contribution is 2.52. The highest BCUT2D eigenvalue weighted by molar-refractivity contribution is 6.11. The van der Waals surface area contributed by atoms with Crippen LogP contribution in [-0.2, 0) is 5.41 Å². The number of nitrogens with zero attached hydrogens (tertiary/aromatic N) is 4. The van der Waals surface area contributed by atoms with E-state index >= 15 is 0 Å². The molecule has 58 heavy (non-hydrogen) atoms. The van der Waals surface area contributed by atoms with Crippen molar-refractivity contribution in [1.29, 1.82) is 0 Å². The van der Waals surface area contributed by atoms with Crippen LogP contribution < -0.4 is 0 Å². The van der Waals surface area contributed by atoms with Crippen molar-refractivity contribution in [1.82, 2.24) is 19.5 Å². The van der Waals surface area contributed by atoms with E-state index in [-0.39, 0.29) is 5.41 Å². The summed E-state index contributed by atoms with van der Waals surface area (Å²) < 4.78 is 2.23. The van der Waals surface area contributed by atoms with E-state index in [0.29, 0.717) is 17.6 Å². The van der Waals surface area contributed by atoms with Gasteiger partial charge in [-0.2, -0.15) is 9.97 Å². The Balaban J connectivity index is 1.15. The van der Waals surface area contributed by atoms with Gasteiger partial charge in [0, 0.05) is 27.3 Å². The topological polar surface area (TPSA) is 43.6 Å². The number of para-hydroxylation sites is 1. The van der Waals surface area contributed by atoms with Gasteiger partial charge < -0.3 is 0 Å². The quantitative estimate of drug-likeness (QED) is 0.153. The molecule has 0 fully saturated rings. The summed E-state index contributed by atoms with van der Waals surface area (Å²) >= 11 is 0. The number of fused-ring (bicyclic) bond motifs is 6. The first-order chi connectivity index (χ1) is 28.4. The Labute approximate surface area is 339 Å². The number of rotatable bonds is 7. The van der Waals surface area contributed by atoms with E-state index in [0.717, 1.165) is 27.6 Å². The largest absolute Gasteiger partial charge is 0.278 e. The summed E-state index contributed by atoms with van der Waals surface area (Å²) in [7, 11) is 0. The summed E-state index contributed by atoms with van der Waals surface area (Å²) in [5.74, 6) is 1.88. The van der Waals surface area contributed by atoms with Crippen molar-refractivity contribution in [3.8, 4) is 61.8 Å². The average molecular weight is 747 g/mol. The molecule has 0 atom stereocenters. The zero-order valence-electron chi connectivity index (χ0n) is 33.1. The minimum Gasteiger partial charge on any atom is -0.278 e. The predicted molar refractivity (Wildman–Crippen MR) is 242 cm³/mol. The number of benzene rings is 7. The van der Waals surface area contributed by atoms with Gasteiger partial charge in [0.25, 0.3) is 0 Å². The van der Waals surface area contributed by atoms with Crippen molar-refractivity contribution in [3.63, 3.8) is 0 Å². The van der Waals surface area contributed by atoms with E-state index < -0.39 is 0 Å². The Bertz CT molecular complexity index is 3020. The number of hydrogen-bond acceptors (Lipinski definition) is 3. The molecule has 0 unspecified atom stereocenters. The van der Waals surface area contributed by atoms with Gasteiger partial charge in [-0.15, -0.1) is 0 Å². The summed E-state index contributed by atoms with van der Waals surface area (Å²) in [4.78, 5) is 15.4. The normalized spacial score (nSPS) is 13.3. The molecule has 0 N–H and O–H groups in total. The zero-order valence-corrected chi connectivity index (χ0v) is 33.1. The maximum Gasteiger partial charge on any atom is 0.238 e. The Morgan fingerprint density at radius 3 is 1.71 bits per heavy atom. The average Bonchev–Trinajstić information content (AvgIpc) is 3.72. The Morgan fingerprint density at radius 2 is 1.07 bits per heavy atom. The first-order valence-corrected chi connectivity index (χ1v) is 20.0. The van der Waals surface area contributed by atoms with Crippen molar-refractivity contribution in [2.75, 3.05) is 0 Å². The highest BCUT2D eigenvalue weighted by Gasteiger charge is 2.37. The fourth-order valence-electron chi connectivity index (χ4n) is 8.77. The van der Waals surface area contributed by atoms with Crippen LogP contribution in [0.4, 0.5) is 0 Å². The minimum atomic E-state index is -0.265. The lowest BCUT2D eigenvalue weighted by molar-refractivity contribution is 0.661. The second-order valence-corrected chi connectivity index (χ2v) is 15.6. The van der Waals surface area contributed by atoms with E-state index in [1.165, 1.54) is 61.0 Å². The summed E-state index contributed by atoms with van der Waals surface area (Å²) in [6, 6.07) is 59.0. The molecule has 7 aromatic carbocycles. The van der Waals surface area contributed by atoms with Crippen LogP contribution in [0.5, 0.6) is 0 Å². The summed E-state index contributed by atoms with van der Waals surface area (Å²) in [6.45, 7) is 8.77. The molecule has 1 aliphatic rings. The monoisotopic (exact) mass is 746 g/mol. The van der Waals surface area contributed by atoms with Gasteiger partial charge in [0.1, 0.15) is 0 Å². The van der Waals surface area contributed by atoms with Gasteiger partial charge in [0.15, 0.2) is 11.6 Å². The third-order valence-electron chi connectivity index (χ3n) is 11.7. The molecule has 278 valence electrons. The van der Waals surface area contributed by atoms with Crippen molar-refractivity contribution >= 4 is 27.4 Å². The molecule has 2 aromatic heterocycles. The molecule has 4 nitrogen and oxygen atoms in total. The van der Waals surface area contributed by atoms with E-state index in [4.69, 9.17) is 15.0 Å². The number of aromatic nitrogens is 4. The zero-order chi connectivity index (χ0) is 39.4. The van der Waals surface area contributed by atoms with Crippen LogP contribution in [0, 0.1) is 0 Å². The molecule has 1 aliphatic carbocycles. The van der Waals surface area contributed by atoms with Crippen LogP contribution in [0.1, 0.15) is 44.6 Å². The Kier molecular flexibility index (Phi) is 8.57. The molecule has 4 heteroatoms. The Hall–Kier alpha value is -7.17. The van der Waals surface area contributed by atoms with E-state index in [2.05, 4.69) is 176 Å². The summed E-state index contributed by atoms with van der Waals surface area (Å²) in [5.41, 5.74) is 16.2. The molecular formula is C54H42N4. The lowest BCUT2D eigenvalue weighted by atomic mass is 9.81. The lowest BCUT2D eigenvalue weighted by Gasteiger charge is -2.22. The number of hydrogen-bond donors (Lipinski definition) is 0. The van der Waals surface area contributed by atoms with Gasteiger partial charge in [0.05, 0.1) is 11.0 Å². The molecule has 0 amide bonds. The van der Waals surface area contributed by atoms with Gasteiger partial charge in [-0.1, -0.05) is 153 Å². The van der Waals surface area contributed by atoms with E-state index in [1.54, 1.807) is 0 Å². The second kappa shape index (κ2) is 14.1. The van der Waals surface area contributed by atoms with Crippen LogP contribution in [0.3, 0.4) is 0 Å². The first kappa shape index (κ1) is 35.3. The predicted octanol–water partition coefficient (Wildman–Crippen LogP) is 13.9. The molecular weight excluding hydrogens is 705 g/mol. The lowest BCUT2D eigenvalue weighted by Crippen LogP contribution is -2.15. The van der Waals surface area contributed by atoms with Gasteiger partial charge in [-0.3, -0.25) is 4.57 Å². The third kappa shape index (κ3) is 5.88. The van der Waals surface area contributed by atoms with Crippen LogP contribution in [0.15, 0.2) is 182 Å². The van der Waals surface area contributed by atoms with Crippen molar-refractivity contribution < 1.29 is 0 Å². The molecule has 9 aromatic rings. The van der Waals surface area contributed by atoms with Crippen LogP contribution in [-0.4, -0.2) is 19.5 Å². The fourth-order valence-corrected chi connectivity index (χ4v) is 8.77. The summed E-state index contributed by atoms with van der Waals surface area (Å²) in [6.07, 6.45) is 6.14. The van der Waals surface area contributed by atoms with Gasteiger partial charge >= 0.3 is 0 Å². The van der Waals surface area contributed by atoms with Crippen molar-refractivity contribution in [2.24, 2.45) is 0 Å². The molecule has 0 saturated heterocycles. The van der Waals surface area contributed by atoms with Gasteiger partial charge in [-0.25, -0.2) is 4.98 Å². The van der Waals surface area contributed by atoms with Gasteiger partial charge in [0.2, 0.25) is 5.95 Å². The first-order valence-electron chi connectivity index (χ1n) is 20.0. The van der Waals surface area contributed by atoms with Crippen LogP contribution in [0.25, 0.3) is 89.2 Å².